The molecule has 1 saturated heterocycles. The quantitative estimate of drug-likeness (QED) is 0.833. The molecule has 0 aromatic heterocycles. The fourth-order valence-electron chi connectivity index (χ4n) is 3.02. The molecule has 1 N–H and O–H groups in total. The number of nitrogens with zero attached hydrogens (tertiary/aromatic N) is 1. The standard InChI is InChI=1S/C17H27ClN2/c1-3-5-14-8-10-20(11-9-14)16-7-6-15(13-19-4-2)17(18)12-16/h6-7,12,14,19H,3-5,8-11,13H2,1-2H3. The fourth-order valence-corrected chi connectivity index (χ4v) is 3.27. The minimum Gasteiger partial charge on any atom is -0.371 e. The monoisotopic (exact) mass is 294 g/mol. The van der Waals surface area contributed by atoms with Crippen LogP contribution >= 0.6 is 11.6 Å². The number of hydrogen-bond donors (Lipinski definition) is 1. The Kier molecular flexibility index (Phi) is 6.18. The molecule has 0 aliphatic carbocycles. The van der Waals surface area contributed by atoms with Crippen LogP contribution in [-0.2, 0) is 6.54 Å². The van der Waals surface area contributed by atoms with Crippen molar-refractivity contribution in [3.63, 3.8) is 0 Å². The summed E-state index contributed by atoms with van der Waals surface area (Å²) in [6, 6.07) is 6.52. The van der Waals surface area contributed by atoms with Crippen LogP contribution in [0, 0.1) is 5.92 Å². The van der Waals surface area contributed by atoms with Crippen molar-refractivity contribution in [2.75, 3.05) is 24.5 Å². The average molecular weight is 295 g/mol. The molecule has 0 saturated carbocycles. The van der Waals surface area contributed by atoms with Crippen molar-refractivity contribution < 1.29 is 0 Å². The lowest BCUT2D eigenvalue weighted by Crippen LogP contribution is -2.33. The Bertz CT molecular complexity index is 411. The fraction of sp³-hybridized carbons (Fsp3) is 0.647. The van der Waals surface area contributed by atoms with E-state index in [2.05, 4.69) is 42.3 Å². The molecule has 0 bridgehead atoms. The van der Waals surface area contributed by atoms with Gasteiger partial charge in [0.1, 0.15) is 0 Å². The minimum atomic E-state index is 0.855. The van der Waals surface area contributed by atoms with Gasteiger partial charge in [-0.25, -0.2) is 0 Å². The van der Waals surface area contributed by atoms with Gasteiger partial charge in [0.15, 0.2) is 0 Å². The van der Waals surface area contributed by atoms with E-state index >= 15 is 0 Å². The number of nitrogens with one attached hydrogen (secondary N) is 1. The van der Waals surface area contributed by atoms with Gasteiger partial charge < -0.3 is 10.2 Å². The summed E-state index contributed by atoms with van der Waals surface area (Å²) >= 11 is 6.40. The summed E-state index contributed by atoms with van der Waals surface area (Å²) in [5, 5.41) is 4.21. The van der Waals surface area contributed by atoms with Crippen molar-refractivity contribution in [3.8, 4) is 0 Å². The lowest BCUT2D eigenvalue weighted by atomic mass is 9.92. The second-order valence-electron chi connectivity index (χ2n) is 5.78. The summed E-state index contributed by atoms with van der Waals surface area (Å²) in [5.74, 6) is 0.930. The number of hydrogen-bond acceptors (Lipinski definition) is 2. The molecule has 0 radical (unpaired) electrons. The molecule has 0 spiro atoms. The zero-order chi connectivity index (χ0) is 14.4. The van der Waals surface area contributed by atoms with Crippen LogP contribution < -0.4 is 10.2 Å². The van der Waals surface area contributed by atoms with Crippen molar-refractivity contribution in [2.45, 2.75) is 46.1 Å². The summed E-state index contributed by atoms with van der Waals surface area (Å²) in [5.41, 5.74) is 2.48. The molecule has 1 heterocycles. The minimum absolute atomic E-state index is 0.855. The first-order valence-corrected chi connectivity index (χ1v) is 8.36. The first-order chi connectivity index (χ1) is 9.74. The van der Waals surface area contributed by atoms with E-state index in [4.69, 9.17) is 11.6 Å². The lowest BCUT2D eigenvalue weighted by molar-refractivity contribution is 0.378. The van der Waals surface area contributed by atoms with Gasteiger partial charge in [-0.15, -0.1) is 0 Å². The molecule has 1 aromatic rings. The van der Waals surface area contributed by atoms with Gasteiger partial charge >= 0.3 is 0 Å². The van der Waals surface area contributed by atoms with Crippen LogP contribution in [0.15, 0.2) is 18.2 Å². The summed E-state index contributed by atoms with van der Waals surface area (Å²) in [6.07, 6.45) is 5.35. The van der Waals surface area contributed by atoms with E-state index in [1.165, 1.54) is 50.0 Å². The summed E-state index contributed by atoms with van der Waals surface area (Å²) < 4.78 is 0. The summed E-state index contributed by atoms with van der Waals surface area (Å²) in [6.45, 7) is 8.58. The highest BCUT2D eigenvalue weighted by atomic mass is 35.5. The largest absolute Gasteiger partial charge is 0.371 e. The van der Waals surface area contributed by atoms with E-state index in [1.807, 2.05) is 0 Å². The maximum atomic E-state index is 6.40. The van der Waals surface area contributed by atoms with Gasteiger partial charge in [-0.1, -0.05) is 44.4 Å². The third kappa shape index (κ3) is 4.13. The third-order valence-electron chi connectivity index (χ3n) is 4.28. The Morgan fingerprint density at radius 3 is 2.60 bits per heavy atom. The number of anilines is 1. The lowest BCUT2D eigenvalue weighted by Gasteiger charge is -2.33. The number of benzene rings is 1. The molecule has 0 atom stereocenters. The van der Waals surface area contributed by atoms with E-state index < -0.39 is 0 Å². The molecule has 1 aliphatic heterocycles. The molecule has 0 amide bonds. The summed E-state index contributed by atoms with van der Waals surface area (Å²) in [4.78, 5) is 2.48. The van der Waals surface area contributed by atoms with Crippen molar-refractivity contribution in [3.05, 3.63) is 28.8 Å². The van der Waals surface area contributed by atoms with Crippen molar-refractivity contribution in [1.82, 2.24) is 5.32 Å². The van der Waals surface area contributed by atoms with Gasteiger partial charge in [0.05, 0.1) is 0 Å². The number of halogens is 1. The Labute approximate surface area is 128 Å². The molecular formula is C17H27ClN2. The van der Waals surface area contributed by atoms with E-state index in [0.717, 1.165) is 24.0 Å². The highest BCUT2D eigenvalue weighted by Gasteiger charge is 2.19. The molecule has 0 unspecified atom stereocenters. The maximum Gasteiger partial charge on any atom is 0.0471 e. The van der Waals surface area contributed by atoms with Gasteiger partial charge in [-0.3, -0.25) is 0 Å². The smallest absolute Gasteiger partial charge is 0.0471 e. The average Bonchev–Trinajstić information content (AvgIpc) is 2.47. The molecule has 112 valence electrons. The van der Waals surface area contributed by atoms with Gasteiger partial charge in [0.25, 0.3) is 0 Å². The molecule has 2 nitrogen and oxygen atoms in total. The first-order valence-electron chi connectivity index (χ1n) is 7.98. The van der Waals surface area contributed by atoms with Crippen LogP contribution in [0.25, 0.3) is 0 Å². The van der Waals surface area contributed by atoms with Crippen LogP contribution in [0.2, 0.25) is 5.02 Å². The zero-order valence-corrected chi connectivity index (χ0v) is 13.5. The van der Waals surface area contributed by atoms with Crippen LogP contribution in [0.5, 0.6) is 0 Å². The number of piperidine rings is 1. The van der Waals surface area contributed by atoms with E-state index in [-0.39, 0.29) is 0 Å². The summed E-state index contributed by atoms with van der Waals surface area (Å²) in [7, 11) is 0. The highest BCUT2D eigenvalue weighted by Crippen LogP contribution is 2.29. The molecule has 3 heteroatoms. The van der Waals surface area contributed by atoms with Crippen molar-refractivity contribution in [2.24, 2.45) is 5.92 Å². The van der Waals surface area contributed by atoms with Crippen LogP contribution in [-0.4, -0.2) is 19.6 Å². The third-order valence-corrected chi connectivity index (χ3v) is 4.63. The predicted molar refractivity (Wildman–Crippen MR) is 88.7 cm³/mol. The second kappa shape index (κ2) is 7.90. The van der Waals surface area contributed by atoms with Crippen molar-refractivity contribution >= 4 is 17.3 Å². The topological polar surface area (TPSA) is 15.3 Å². The molecule has 1 fully saturated rings. The van der Waals surface area contributed by atoms with Gasteiger partial charge in [-0.05, 0) is 43.0 Å². The Morgan fingerprint density at radius 1 is 1.25 bits per heavy atom. The van der Waals surface area contributed by atoms with Crippen LogP contribution in [0.4, 0.5) is 5.69 Å². The predicted octanol–water partition coefficient (Wildman–Crippen LogP) is 4.47. The van der Waals surface area contributed by atoms with Gasteiger partial charge in [0.2, 0.25) is 0 Å². The molecule has 2 rings (SSSR count). The highest BCUT2D eigenvalue weighted by molar-refractivity contribution is 6.31. The number of rotatable bonds is 6. The van der Waals surface area contributed by atoms with Crippen molar-refractivity contribution in [1.29, 1.82) is 0 Å². The first kappa shape index (κ1) is 15.7. The van der Waals surface area contributed by atoms with Gasteiger partial charge in [-0.2, -0.15) is 0 Å². The van der Waals surface area contributed by atoms with Gasteiger partial charge in [0, 0.05) is 30.3 Å². The molecule has 20 heavy (non-hydrogen) atoms. The SMILES string of the molecule is CCCC1CCN(c2ccc(CNCC)c(Cl)c2)CC1. The van der Waals surface area contributed by atoms with Crippen LogP contribution in [0.3, 0.4) is 0 Å². The van der Waals surface area contributed by atoms with E-state index in [0.29, 0.717) is 0 Å². The molecule has 1 aromatic carbocycles. The molecular weight excluding hydrogens is 268 g/mol. The second-order valence-corrected chi connectivity index (χ2v) is 6.18. The van der Waals surface area contributed by atoms with Crippen LogP contribution in [0.1, 0.15) is 45.1 Å². The Balaban J connectivity index is 1.95. The normalized spacial score (nSPS) is 16.6. The maximum absolute atomic E-state index is 6.40. The van der Waals surface area contributed by atoms with E-state index in [1.54, 1.807) is 0 Å². The zero-order valence-electron chi connectivity index (χ0n) is 12.8. The Hall–Kier alpha value is -0.730. The molecule has 1 aliphatic rings. The Morgan fingerprint density at radius 2 is 2.00 bits per heavy atom. The van der Waals surface area contributed by atoms with E-state index in [9.17, 15) is 0 Å².